The first kappa shape index (κ1) is 10.4. The lowest BCUT2D eigenvalue weighted by atomic mass is 10.3. The van der Waals surface area contributed by atoms with Crippen molar-refractivity contribution in [2.24, 2.45) is 0 Å². The van der Waals surface area contributed by atoms with Gasteiger partial charge < -0.3 is 10.3 Å². The summed E-state index contributed by atoms with van der Waals surface area (Å²) in [5, 5.41) is 0.683. The smallest absolute Gasteiger partial charge is 0.200 e. The fourth-order valence-electron chi connectivity index (χ4n) is 1.18. The molecule has 0 aliphatic carbocycles. The van der Waals surface area contributed by atoms with E-state index >= 15 is 0 Å². The van der Waals surface area contributed by atoms with Gasteiger partial charge in [-0.2, -0.15) is 11.8 Å². The van der Waals surface area contributed by atoms with Crippen molar-refractivity contribution in [2.75, 3.05) is 12.0 Å². The van der Waals surface area contributed by atoms with Crippen LogP contribution in [0.4, 0.5) is 5.95 Å². The molecule has 1 rings (SSSR count). The standard InChI is InChI=1S/C9H17N3S/c1-7-6-12(9(10)11-7)5-4-8(2)13-3/h6,8H,4-5H2,1-3H3,(H2,10,11). The Hall–Kier alpha value is -0.640. The van der Waals surface area contributed by atoms with Crippen LogP contribution in [0.25, 0.3) is 0 Å². The molecule has 0 spiro atoms. The minimum absolute atomic E-state index is 0.630. The molecule has 0 amide bonds. The maximum Gasteiger partial charge on any atom is 0.200 e. The summed E-state index contributed by atoms with van der Waals surface area (Å²) in [7, 11) is 0. The van der Waals surface area contributed by atoms with Crippen molar-refractivity contribution in [1.29, 1.82) is 0 Å². The summed E-state index contributed by atoms with van der Waals surface area (Å²) in [6, 6.07) is 0. The van der Waals surface area contributed by atoms with Crippen molar-refractivity contribution < 1.29 is 0 Å². The molecule has 0 radical (unpaired) electrons. The minimum atomic E-state index is 0.630. The predicted molar refractivity (Wildman–Crippen MR) is 59.0 cm³/mol. The van der Waals surface area contributed by atoms with Crippen LogP contribution in [0.2, 0.25) is 0 Å². The highest BCUT2D eigenvalue weighted by Gasteiger charge is 2.03. The normalized spacial score (nSPS) is 13.2. The fraction of sp³-hybridized carbons (Fsp3) is 0.667. The Bertz CT molecular complexity index is 270. The molecule has 1 aromatic rings. The van der Waals surface area contributed by atoms with Gasteiger partial charge in [-0.15, -0.1) is 0 Å². The van der Waals surface area contributed by atoms with Crippen LogP contribution in [-0.2, 0) is 6.54 Å². The molecule has 1 heterocycles. The van der Waals surface area contributed by atoms with Gasteiger partial charge in [0.1, 0.15) is 0 Å². The van der Waals surface area contributed by atoms with Crippen LogP contribution in [0.5, 0.6) is 0 Å². The van der Waals surface area contributed by atoms with Crippen molar-refractivity contribution in [1.82, 2.24) is 9.55 Å². The molecule has 1 atom stereocenters. The average Bonchev–Trinajstić information content (AvgIpc) is 2.41. The first-order valence-electron chi connectivity index (χ1n) is 4.45. The van der Waals surface area contributed by atoms with Gasteiger partial charge in [-0.05, 0) is 19.6 Å². The second-order valence-corrected chi connectivity index (χ2v) is 4.55. The third kappa shape index (κ3) is 2.95. The topological polar surface area (TPSA) is 43.8 Å². The minimum Gasteiger partial charge on any atom is -0.369 e. The van der Waals surface area contributed by atoms with Gasteiger partial charge in [0.05, 0.1) is 5.69 Å². The zero-order chi connectivity index (χ0) is 9.84. The number of nitrogen functional groups attached to an aromatic ring is 1. The third-order valence-corrected chi connectivity index (χ3v) is 3.15. The number of hydrogen-bond acceptors (Lipinski definition) is 3. The highest BCUT2D eigenvalue weighted by atomic mass is 32.2. The molecule has 4 heteroatoms. The molecule has 13 heavy (non-hydrogen) atoms. The lowest BCUT2D eigenvalue weighted by Gasteiger charge is -2.08. The quantitative estimate of drug-likeness (QED) is 0.805. The van der Waals surface area contributed by atoms with Crippen LogP contribution in [-0.4, -0.2) is 21.1 Å². The zero-order valence-electron chi connectivity index (χ0n) is 8.45. The number of nitrogens with two attached hydrogens (primary N) is 1. The largest absolute Gasteiger partial charge is 0.369 e. The molecular weight excluding hydrogens is 182 g/mol. The van der Waals surface area contributed by atoms with Crippen LogP contribution < -0.4 is 5.73 Å². The van der Waals surface area contributed by atoms with Gasteiger partial charge in [-0.3, -0.25) is 0 Å². The lowest BCUT2D eigenvalue weighted by Crippen LogP contribution is -2.06. The zero-order valence-corrected chi connectivity index (χ0v) is 9.27. The van der Waals surface area contributed by atoms with Crippen molar-refractivity contribution in [3.8, 4) is 0 Å². The number of anilines is 1. The van der Waals surface area contributed by atoms with Gasteiger partial charge in [0.15, 0.2) is 5.95 Å². The van der Waals surface area contributed by atoms with Crippen LogP contribution in [0, 0.1) is 6.92 Å². The van der Waals surface area contributed by atoms with Gasteiger partial charge in [0.25, 0.3) is 0 Å². The van der Waals surface area contributed by atoms with Crippen molar-refractivity contribution >= 4 is 17.7 Å². The highest BCUT2D eigenvalue weighted by Crippen LogP contribution is 2.12. The van der Waals surface area contributed by atoms with Crippen LogP contribution in [0.3, 0.4) is 0 Å². The van der Waals surface area contributed by atoms with Crippen LogP contribution in [0.15, 0.2) is 6.20 Å². The van der Waals surface area contributed by atoms with E-state index in [0.717, 1.165) is 18.7 Å². The van der Waals surface area contributed by atoms with Gasteiger partial charge in [0, 0.05) is 18.0 Å². The van der Waals surface area contributed by atoms with Crippen LogP contribution in [0.1, 0.15) is 19.0 Å². The maximum absolute atomic E-state index is 5.71. The third-order valence-electron chi connectivity index (χ3n) is 2.11. The molecule has 0 aliphatic rings. The number of rotatable bonds is 4. The molecule has 1 unspecified atom stereocenters. The fourth-order valence-corrected chi connectivity index (χ4v) is 1.52. The van der Waals surface area contributed by atoms with Crippen molar-refractivity contribution in [3.63, 3.8) is 0 Å². The number of imidazole rings is 1. The summed E-state index contributed by atoms with van der Waals surface area (Å²) in [6.07, 6.45) is 5.27. The van der Waals surface area contributed by atoms with Gasteiger partial charge >= 0.3 is 0 Å². The van der Waals surface area contributed by atoms with E-state index in [2.05, 4.69) is 18.2 Å². The molecule has 1 aromatic heterocycles. The first-order chi connectivity index (χ1) is 6.13. The summed E-state index contributed by atoms with van der Waals surface area (Å²) in [4.78, 5) is 4.15. The monoisotopic (exact) mass is 199 g/mol. The number of aromatic nitrogens is 2. The Labute approximate surface area is 83.7 Å². The summed E-state index contributed by atoms with van der Waals surface area (Å²) in [6.45, 7) is 5.16. The molecule has 2 N–H and O–H groups in total. The van der Waals surface area contributed by atoms with E-state index in [1.54, 1.807) is 0 Å². The van der Waals surface area contributed by atoms with E-state index in [4.69, 9.17) is 5.73 Å². The predicted octanol–water partition coefficient (Wildman–Crippen LogP) is 1.92. The number of nitrogens with zero attached hydrogens (tertiary/aromatic N) is 2. The molecular formula is C9H17N3S. The lowest BCUT2D eigenvalue weighted by molar-refractivity contribution is 0.647. The highest BCUT2D eigenvalue weighted by molar-refractivity contribution is 7.99. The van der Waals surface area contributed by atoms with Crippen LogP contribution >= 0.6 is 11.8 Å². The number of aryl methyl sites for hydroxylation is 2. The second-order valence-electron chi connectivity index (χ2n) is 3.27. The molecule has 74 valence electrons. The molecule has 0 fully saturated rings. The molecule has 3 nitrogen and oxygen atoms in total. The first-order valence-corrected chi connectivity index (χ1v) is 5.74. The van der Waals surface area contributed by atoms with E-state index < -0.39 is 0 Å². The van der Waals surface area contributed by atoms with Crippen molar-refractivity contribution in [3.05, 3.63) is 11.9 Å². The van der Waals surface area contributed by atoms with E-state index in [0.29, 0.717) is 11.2 Å². The molecule has 0 saturated heterocycles. The Morgan fingerprint density at radius 2 is 2.38 bits per heavy atom. The summed E-state index contributed by atoms with van der Waals surface area (Å²) in [5.41, 5.74) is 6.71. The summed E-state index contributed by atoms with van der Waals surface area (Å²) < 4.78 is 2.02. The van der Waals surface area contributed by atoms with E-state index in [1.165, 1.54) is 0 Å². The van der Waals surface area contributed by atoms with Gasteiger partial charge in [-0.1, -0.05) is 6.92 Å². The van der Waals surface area contributed by atoms with Gasteiger partial charge in [0.2, 0.25) is 0 Å². The Kier molecular flexibility index (Phi) is 3.66. The summed E-state index contributed by atoms with van der Waals surface area (Å²) >= 11 is 1.88. The maximum atomic E-state index is 5.71. The average molecular weight is 199 g/mol. The number of hydrogen-bond donors (Lipinski definition) is 1. The summed E-state index contributed by atoms with van der Waals surface area (Å²) in [5.74, 6) is 0.630. The Morgan fingerprint density at radius 3 is 2.85 bits per heavy atom. The molecule has 0 aliphatic heterocycles. The van der Waals surface area contributed by atoms with E-state index in [-0.39, 0.29) is 0 Å². The Balaban J connectivity index is 2.49. The van der Waals surface area contributed by atoms with Gasteiger partial charge in [-0.25, -0.2) is 4.98 Å². The second kappa shape index (κ2) is 4.56. The molecule has 0 saturated carbocycles. The molecule has 0 bridgehead atoms. The number of thioether (sulfide) groups is 1. The molecule has 0 aromatic carbocycles. The van der Waals surface area contributed by atoms with E-state index in [1.807, 2.05) is 29.4 Å². The van der Waals surface area contributed by atoms with Crippen molar-refractivity contribution in [2.45, 2.75) is 32.1 Å². The SMILES string of the molecule is CSC(C)CCn1cc(C)nc1N. The Morgan fingerprint density at radius 1 is 1.69 bits per heavy atom. The van der Waals surface area contributed by atoms with E-state index in [9.17, 15) is 0 Å².